The third-order valence-electron chi connectivity index (χ3n) is 3.32. The second-order valence-corrected chi connectivity index (χ2v) is 4.90. The summed E-state index contributed by atoms with van der Waals surface area (Å²) in [4.78, 5) is 3.51. The Morgan fingerprint density at radius 1 is 1.47 bits per heavy atom. The number of alkyl halides is 3. The van der Waals surface area contributed by atoms with Gasteiger partial charge in [0.15, 0.2) is 0 Å². The molecule has 1 N–H and O–H groups in total. The predicted octanol–water partition coefficient (Wildman–Crippen LogP) is 3.43. The zero-order chi connectivity index (χ0) is 14.0. The van der Waals surface area contributed by atoms with Gasteiger partial charge in [-0.3, -0.25) is 0 Å². The lowest BCUT2D eigenvalue weighted by atomic mass is 10.1. The van der Waals surface area contributed by atoms with Gasteiger partial charge in [-0.1, -0.05) is 6.92 Å². The van der Waals surface area contributed by atoms with E-state index in [0.717, 1.165) is 12.1 Å². The van der Waals surface area contributed by atoms with Gasteiger partial charge in [-0.2, -0.15) is 18.4 Å². The van der Waals surface area contributed by atoms with Crippen molar-refractivity contribution in [1.82, 2.24) is 4.98 Å². The smallest absolute Gasteiger partial charge is 0.369 e. The molecule has 2 rings (SSSR count). The first kappa shape index (κ1) is 13.7. The molecule has 6 heteroatoms. The Kier molecular flexibility index (Phi) is 3.65. The molecule has 1 saturated carbocycles. The average Bonchev–Trinajstić information content (AvgIpc) is 3.18. The molecule has 1 aliphatic carbocycles. The Morgan fingerprint density at radius 2 is 2.16 bits per heavy atom. The molecule has 3 nitrogen and oxygen atoms in total. The van der Waals surface area contributed by atoms with E-state index in [9.17, 15) is 13.2 Å². The summed E-state index contributed by atoms with van der Waals surface area (Å²) >= 11 is 0. The number of pyridine rings is 1. The minimum atomic E-state index is -4.49. The van der Waals surface area contributed by atoms with Crippen LogP contribution in [-0.4, -0.2) is 11.5 Å². The van der Waals surface area contributed by atoms with Crippen molar-refractivity contribution in [2.45, 2.75) is 25.9 Å². The number of nitriles is 1. The molecular formula is C13H14F3N3. The third-order valence-corrected chi connectivity index (χ3v) is 3.32. The topological polar surface area (TPSA) is 48.7 Å². The minimum absolute atomic E-state index is 0.0184. The van der Waals surface area contributed by atoms with Crippen LogP contribution in [0.2, 0.25) is 0 Å². The maximum absolute atomic E-state index is 12.6. The molecule has 1 unspecified atom stereocenters. The molecule has 102 valence electrons. The van der Waals surface area contributed by atoms with Crippen LogP contribution in [0.25, 0.3) is 0 Å². The number of nitrogens with one attached hydrogen (secondary N) is 1. The van der Waals surface area contributed by atoms with E-state index in [-0.39, 0.29) is 11.4 Å². The first-order valence-corrected chi connectivity index (χ1v) is 6.14. The van der Waals surface area contributed by atoms with E-state index in [1.165, 1.54) is 12.8 Å². The summed E-state index contributed by atoms with van der Waals surface area (Å²) in [5, 5.41) is 11.8. The molecule has 0 saturated heterocycles. The maximum Gasteiger partial charge on any atom is 0.433 e. The van der Waals surface area contributed by atoms with Gasteiger partial charge in [-0.15, -0.1) is 0 Å². The summed E-state index contributed by atoms with van der Waals surface area (Å²) < 4.78 is 37.7. The summed E-state index contributed by atoms with van der Waals surface area (Å²) in [6.07, 6.45) is -2.15. The van der Waals surface area contributed by atoms with E-state index in [2.05, 4.69) is 10.3 Å². The van der Waals surface area contributed by atoms with Crippen LogP contribution in [0.5, 0.6) is 0 Å². The highest BCUT2D eigenvalue weighted by Gasteiger charge is 2.33. The van der Waals surface area contributed by atoms with Crippen molar-refractivity contribution in [3.05, 3.63) is 23.4 Å². The molecule has 0 amide bonds. The van der Waals surface area contributed by atoms with Gasteiger partial charge in [0.25, 0.3) is 0 Å². The van der Waals surface area contributed by atoms with Gasteiger partial charge in [0, 0.05) is 6.54 Å². The van der Waals surface area contributed by atoms with Gasteiger partial charge in [-0.05, 0) is 36.8 Å². The second kappa shape index (κ2) is 5.08. The van der Waals surface area contributed by atoms with Crippen LogP contribution < -0.4 is 5.32 Å². The number of halogens is 3. The van der Waals surface area contributed by atoms with E-state index in [1.54, 1.807) is 0 Å². The standard InChI is InChI=1S/C13H14F3N3/c1-8(9-2-3-9)7-18-12-10(6-17)4-5-11(19-12)13(14,15)16/h4-5,8-9H,2-3,7H2,1H3,(H,18,19). The Hall–Kier alpha value is -1.77. The number of rotatable bonds is 4. The van der Waals surface area contributed by atoms with Gasteiger partial charge in [0.1, 0.15) is 17.6 Å². The second-order valence-electron chi connectivity index (χ2n) is 4.90. The van der Waals surface area contributed by atoms with Crippen LogP contribution in [0.1, 0.15) is 31.0 Å². The summed E-state index contributed by atoms with van der Waals surface area (Å²) in [5.74, 6) is 1.04. The monoisotopic (exact) mass is 269 g/mol. The Morgan fingerprint density at radius 3 is 2.68 bits per heavy atom. The summed E-state index contributed by atoms with van der Waals surface area (Å²) in [5.41, 5.74) is -0.843. The molecule has 0 aromatic carbocycles. The number of hydrogen-bond acceptors (Lipinski definition) is 3. The van der Waals surface area contributed by atoms with Gasteiger partial charge in [-0.25, -0.2) is 4.98 Å². The minimum Gasteiger partial charge on any atom is -0.369 e. The fourth-order valence-electron chi connectivity index (χ4n) is 1.93. The predicted molar refractivity (Wildman–Crippen MR) is 64.3 cm³/mol. The van der Waals surface area contributed by atoms with Gasteiger partial charge >= 0.3 is 6.18 Å². The zero-order valence-electron chi connectivity index (χ0n) is 10.5. The molecule has 1 aromatic rings. The van der Waals surface area contributed by atoms with Crippen LogP contribution in [0.15, 0.2) is 12.1 Å². The first-order chi connectivity index (χ1) is 8.91. The summed E-state index contributed by atoms with van der Waals surface area (Å²) in [7, 11) is 0. The van der Waals surface area contributed by atoms with E-state index >= 15 is 0 Å². The van der Waals surface area contributed by atoms with Crippen molar-refractivity contribution >= 4 is 5.82 Å². The molecular weight excluding hydrogens is 255 g/mol. The highest BCUT2D eigenvalue weighted by Crippen LogP contribution is 2.36. The number of hydrogen-bond donors (Lipinski definition) is 1. The fourth-order valence-corrected chi connectivity index (χ4v) is 1.93. The fraction of sp³-hybridized carbons (Fsp3) is 0.538. The van der Waals surface area contributed by atoms with E-state index in [1.807, 2.05) is 13.0 Å². The normalized spacial score (nSPS) is 16.8. The first-order valence-electron chi connectivity index (χ1n) is 6.14. The van der Waals surface area contributed by atoms with E-state index in [4.69, 9.17) is 5.26 Å². The van der Waals surface area contributed by atoms with Crippen LogP contribution in [-0.2, 0) is 6.18 Å². The molecule has 0 aliphatic heterocycles. The van der Waals surface area contributed by atoms with Gasteiger partial charge < -0.3 is 5.32 Å². The Bertz CT molecular complexity index is 501. The van der Waals surface area contributed by atoms with Crippen molar-refractivity contribution in [1.29, 1.82) is 5.26 Å². The van der Waals surface area contributed by atoms with Crippen molar-refractivity contribution in [3.8, 4) is 6.07 Å². The molecule has 0 spiro atoms. The molecule has 1 atom stereocenters. The maximum atomic E-state index is 12.6. The van der Waals surface area contributed by atoms with E-state index < -0.39 is 11.9 Å². The molecule has 19 heavy (non-hydrogen) atoms. The van der Waals surface area contributed by atoms with Crippen molar-refractivity contribution in [2.24, 2.45) is 11.8 Å². The van der Waals surface area contributed by atoms with Crippen molar-refractivity contribution in [3.63, 3.8) is 0 Å². The quantitative estimate of drug-likeness (QED) is 0.911. The summed E-state index contributed by atoms with van der Waals surface area (Å²) in [6, 6.07) is 3.83. The number of anilines is 1. The molecule has 1 aliphatic rings. The van der Waals surface area contributed by atoms with Crippen LogP contribution in [0.3, 0.4) is 0 Å². The highest BCUT2D eigenvalue weighted by atomic mass is 19.4. The Labute approximate surface area is 109 Å². The molecule has 1 aromatic heterocycles. The summed E-state index contributed by atoms with van der Waals surface area (Å²) in [6.45, 7) is 2.58. The molecule has 1 fully saturated rings. The number of nitrogens with zero attached hydrogens (tertiary/aromatic N) is 2. The molecule has 0 radical (unpaired) electrons. The van der Waals surface area contributed by atoms with Crippen molar-refractivity contribution in [2.75, 3.05) is 11.9 Å². The van der Waals surface area contributed by atoms with Gasteiger partial charge in [0.2, 0.25) is 0 Å². The van der Waals surface area contributed by atoms with Crippen molar-refractivity contribution < 1.29 is 13.2 Å². The lowest BCUT2D eigenvalue weighted by Gasteiger charge is -2.14. The van der Waals surface area contributed by atoms with Crippen LogP contribution in [0, 0.1) is 23.2 Å². The largest absolute Gasteiger partial charge is 0.433 e. The third kappa shape index (κ3) is 3.37. The number of aromatic nitrogens is 1. The van der Waals surface area contributed by atoms with Crippen LogP contribution >= 0.6 is 0 Å². The SMILES string of the molecule is CC(CNc1nc(C(F)(F)F)ccc1C#N)C1CC1. The average molecular weight is 269 g/mol. The molecule has 0 bridgehead atoms. The van der Waals surface area contributed by atoms with E-state index in [0.29, 0.717) is 18.4 Å². The molecule has 1 heterocycles. The highest BCUT2D eigenvalue weighted by molar-refractivity contribution is 5.52. The van der Waals surface area contributed by atoms with Gasteiger partial charge in [0.05, 0.1) is 5.56 Å². The van der Waals surface area contributed by atoms with Crippen LogP contribution in [0.4, 0.5) is 19.0 Å². The lowest BCUT2D eigenvalue weighted by Crippen LogP contribution is -2.16. The zero-order valence-corrected chi connectivity index (χ0v) is 10.5. The lowest BCUT2D eigenvalue weighted by molar-refractivity contribution is -0.141. The Balaban J connectivity index is 2.14.